The van der Waals surface area contributed by atoms with Crippen LogP contribution in [0.25, 0.3) is 0 Å². The average molecular weight is 288 g/mol. The molecule has 0 radical (unpaired) electrons. The van der Waals surface area contributed by atoms with Crippen molar-refractivity contribution >= 4 is 27.5 Å². The van der Waals surface area contributed by atoms with Crippen molar-refractivity contribution in [2.45, 2.75) is 19.0 Å². The highest BCUT2D eigenvalue weighted by Crippen LogP contribution is 2.35. The van der Waals surface area contributed by atoms with Gasteiger partial charge in [0.1, 0.15) is 0 Å². The fourth-order valence-electron chi connectivity index (χ4n) is 1.10. The Kier molecular flexibility index (Phi) is 3.48. The van der Waals surface area contributed by atoms with E-state index in [1.54, 1.807) is 6.92 Å². The van der Waals surface area contributed by atoms with Gasteiger partial charge in [0.2, 0.25) is 0 Å². The molecule has 0 aliphatic heterocycles. The molecule has 0 saturated heterocycles. The molecule has 0 heterocycles. The molecule has 1 aromatic carbocycles. The minimum absolute atomic E-state index is 0.0941. The number of rotatable bonds is 1. The highest BCUT2D eigenvalue weighted by molar-refractivity contribution is 9.10. The van der Waals surface area contributed by atoms with Crippen LogP contribution in [0.15, 0.2) is 16.6 Å². The first-order valence-corrected chi connectivity index (χ1v) is 5.11. The third-order valence-electron chi connectivity index (χ3n) is 1.83. The topological polar surface area (TPSA) is 0 Å². The van der Waals surface area contributed by atoms with Gasteiger partial charge in [-0.15, -0.1) is 11.6 Å². The van der Waals surface area contributed by atoms with Crippen molar-refractivity contribution in [3.05, 3.63) is 33.3 Å². The van der Waals surface area contributed by atoms with Gasteiger partial charge in [-0.2, -0.15) is 13.2 Å². The van der Waals surface area contributed by atoms with Gasteiger partial charge in [-0.25, -0.2) is 0 Å². The summed E-state index contributed by atoms with van der Waals surface area (Å²) in [7, 11) is 0. The molecule has 0 atom stereocenters. The number of benzene rings is 1. The lowest BCUT2D eigenvalue weighted by molar-refractivity contribution is -0.138. The van der Waals surface area contributed by atoms with Crippen LogP contribution in [0, 0.1) is 6.92 Å². The number of hydrogen-bond acceptors (Lipinski definition) is 0. The van der Waals surface area contributed by atoms with Gasteiger partial charge in [0.15, 0.2) is 0 Å². The first kappa shape index (κ1) is 11.9. The normalized spacial score (nSPS) is 11.9. The highest BCUT2D eigenvalue weighted by Gasteiger charge is 2.33. The van der Waals surface area contributed by atoms with Crippen molar-refractivity contribution in [1.82, 2.24) is 0 Å². The van der Waals surface area contributed by atoms with E-state index in [-0.39, 0.29) is 11.4 Å². The van der Waals surface area contributed by atoms with E-state index in [2.05, 4.69) is 15.9 Å². The summed E-state index contributed by atoms with van der Waals surface area (Å²) in [5.41, 5.74) is -0.0176. The van der Waals surface area contributed by atoms with Gasteiger partial charge in [0.25, 0.3) is 0 Å². The highest BCUT2D eigenvalue weighted by atomic mass is 79.9. The van der Waals surface area contributed by atoms with E-state index in [1.165, 1.54) is 6.07 Å². The Hall–Kier alpha value is -0.220. The lowest BCUT2D eigenvalue weighted by Crippen LogP contribution is -2.09. The van der Waals surface area contributed by atoms with Crippen LogP contribution in [-0.2, 0) is 12.1 Å². The van der Waals surface area contributed by atoms with Crippen molar-refractivity contribution in [1.29, 1.82) is 0 Å². The van der Waals surface area contributed by atoms with Gasteiger partial charge >= 0.3 is 6.18 Å². The lowest BCUT2D eigenvalue weighted by atomic mass is 10.1. The third kappa shape index (κ3) is 2.42. The summed E-state index contributed by atoms with van der Waals surface area (Å²) in [6.45, 7) is 1.61. The van der Waals surface area contributed by atoms with E-state index in [4.69, 9.17) is 11.6 Å². The van der Waals surface area contributed by atoms with Crippen LogP contribution in [0.3, 0.4) is 0 Å². The quantitative estimate of drug-likeness (QED) is 0.666. The monoisotopic (exact) mass is 286 g/mol. The summed E-state index contributed by atoms with van der Waals surface area (Å²) >= 11 is 8.60. The molecule has 0 saturated carbocycles. The molecular formula is C9H7BrClF3. The summed E-state index contributed by atoms with van der Waals surface area (Å²) in [5.74, 6) is -0.145. The van der Waals surface area contributed by atoms with Crippen molar-refractivity contribution in [2.24, 2.45) is 0 Å². The second-order valence-corrected chi connectivity index (χ2v) is 4.01. The first-order valence-electron chi connectivity index (χ1n) is 3.78. The second kappa shape index (κ2) is 4.11. The fourth-order valence-corrected chi connectivity index (χ4v) is 1.71. The lowest BCUT2D eigenvalue weighted by Gasteiger charge is -2.13. The molecule has 0 bridgehead atoms. The van der Waals surface area contributed by atoms with E-state index in [1.807, 2.05) is 0 Å². The average Bonchev–Trinajstić information content (AvgIpc) is 2.07. The Balaban J connectivity index is 3.35. The molecule has 14 heavy (non-hydrogen) atoms. The maximum atomic E-state index is 12.5. The molecule has 0 fully saturated rings. The largest absolute Gasteiger partial charge is 0.416 e. The van der Waals surface area contributed by atoms with Crippen LogP contribution in [-0.4, -0.2) is 0 Å². The maximum absolute atomic E-state index is 12.5. The summed E-state index contributed by atoms with van der Waals surface area (Å²) in [4.78, 5) is 0. The summed E-state index contributed by atoms with van der Waals surface area (Å²) in [6, 6.07) is 2.51. The van der Waals surface area contributed by atoms with Crippen molar-refractivity contribution in [3.8, 4) is 0 Å². The molecule has 5 heteroatoms. The predicted molar refractivity (Wildman–Crippen MR) is 53.4 cm³/mol. The molecule has 0 unspecified atom stereocenters. The van der Waals surface area contributed by atoms with Crippen LogP contribution < -0.4 is 0 Å². The van der Waals surface area contributed by atoms with Crippen LogP contribution in [0.5, 0.6) is 0 Å². The Morgan fingerprint density at radius 1 is 1.36 bits per heavy atom. The summed E-state index contributed by atoms with van der Waals surface area (Å²) in [5, 5.41) is 0. The third-order valence-corrected chi connectivity index (χ3v) is 2.98. The Morgan fingerprint density at radius 3 is 2.36 bits per heavy atom. The van der Waals surface area contributed by atoms with Crippen molar-refractivity contribution in [3.63, 3.8) is 0 Å². The van der Waals surface area contributed by atoms with Gasteiger partial charge in [0.05, 0.1) is 5.56 Å². The summed E-state index contributed by atoms with van der Waals surface area (Å²) in [6.07, 6.45) is -4.34. The molecule has 1 aromatic rings. The molecule has 0 nitrogen and oxygen atoms in total. The van der Waals surface area contributed by atoms with Gasteiger partial charge in [-0.1, -0.05) is 15.9 Å². The minimum Gasteiger partial charge on any atom is -0.166 e. The predicted octanol–water partition coefficient (Wildman–Crippen LogP) is 4.52. The number of hydrogen-bond donors (Lipinski definition) is 0. The van der Waals surface area contributed by atoms with E-state index in [9.17, 15) is 13.2 Å². The van der Waals surface area contributed by atoms with Crippen molar-refractivity contribution < 1.29 is 13.2 Å². The molecule has 0 aliphatic rings. The van der Waals surface area contributed by atoms with Gasteiger partial charge in [0, 0.05) is 10.4 Å². The van der Waals surface area contributed by atoms with Crippen LogP contribution in [0.2, 0.25) is 0 Å². The Morgan fingerprint density at radius 2 is 1.93 bits per heavy atom. The number of alkyl halides is 4. The number of halogens is 5. The van der Waals surface area contributed by atoms with E-state index in [0.29, 0.717) is 10.0 Å². The fraction of sp³-hybridized carbons (Fsp3) is 0.333. The minimum atomic E-state index is -4.34. The molecule has 0 N–H and O–H groups in total. The molecule has 0 aliphatic carbocycles. The van der Waals surface area contributed by atoms with E-state index < -0.39 is 11.7 Å². The van der Waals surface area contributed by atoms with Crippen molar-refractivity contribution in [2.75, 3.05) is 0 Å². The van der Waals surface area contributed by atoms with Crippen LogP contribution >= 0.6 is 27.5 Å². The smallest absolute Gasteiger partial charge is 0.166 e. The van der Waals surface area contributed by atoms with E-state index >= 15 is 0 Å². The Labute approximate surface area is 93.2 Å². The molecule has 1 rings (SSSR count). The zero-order chi connectivity index (χ0) is 10.9. The van der Waals surface area contributed by atoms with E-state index in [0.717, 1.165) is 6.07 Å². The van der Waals surface area contributed by atoms with Gasteiger partial charge < -0.3 is 0 Å². The summed E-state index contributed by atoms with van der Waals surface area (Å²) < 4.78 is 38.1. The Bertz CT molecular complexity index is 347. The standard InChI is InChI=1S/C9H7BrClF3/c1-5-2-7(9(12,13)14)6(4-11)3-8(5)10/h2-3H,4H2,1H3. The zero-order valence-electron chi connectivity index (χ0n) is 7.25. The second-order valence-electron chi connectivity index (χ2n) is 2.89. The first-order chi connectivity index (χ1) is 6.36. The maximum Gasteiger partial charge on any atom is 0.416 e. The molecule has 78 valence electrons. The SMILES string of the molecule is Cc1cc(C(F)(F)F)c(CCl)cc1Br. The van der Waals surface area contributed by atoms with Crippen LogP contribution in [0.4, 0.5) is 13.2 Å². The molecule has 0 spiro atoms. The van der Waals surface area contributed by atoms with Gasteiger partial charge in [-0.05, 0) is 30.2 Å². The zero-order valence-corrected chi connectivity index (χ0v) is 9.59. The molecule has 0 amide bonds. The van der Waals surface area contributed by atoms with Crippen LogP contribution in [0.1, 0.15) is 16.7 Å². The molecular weight excluding hydrogens is 280 g/mol. The van der Waals surface area contributed by atoms with Gasteiger partial charge in [-0.3, -0.25) is 0 Å². The molecule has 0 aromatic heterocycles. The number of aryl methyl sites for hydroxylation is 1.